The van der Waals surface area contributed by atoms with Crippen molar-refractivity contribution >= 4 is 32.3 Å². The Bertz CT molecular complexity index is 1700. The summed E-state index contributed by atoms with van der Waals surface area (Å²) in [6, 6.07) is 9.42. The molecule has 2 aromatic carbocycles. The molecule has 2 heterocycles. The standard InChI is InChI=1S/C27H28FN3O5S/c1-7-35-27(33)22-13-20-21(14-31(4)26(32)24(20)29-22)19-12-18(30-37(5,6)34)8-9-23(19)36-25-15(2)10-17(28)11-16(25)3/h8-14,29H,7H2,1-6H3. The molecular weight excluding hydrogens is 497 g/mol. The normalized spacial score (nSPS) is 11.5. The van der Waals surface area contributed by atoms with Crippen molar-refractivity contribution in [3.8, 4) is 22.6 Å². The van der Waals surface area contributed by atoms with Gasteiger partial charge in [-0.2, -0.15) is 4.36 Å². The molecule has 0 fully saturated rings. The zero-order chi connectivity index (χ0) is 27.1. The van der Waals surface area contributed by atoms with E-state index < -0.39 is 15.7 Å². The SMILES string of the molecule is CCOC(=O)c1cc2c(-c3cc(N=S(C)(C)=O)ccc3Oc3c(C)cc(F)cc3C)cn(C)c(=O)c2[nH]1. The Kier molecular flexibility index (Phi) is 6.96. The minimum atomic E-state index is -2.47. The first-order valence-electron chi connectivity index (χ1n) is 11.5. The average Bonchev–Trinajstić information content (AvgIpc) is 3.24. The molecule has 0 aliphatic rings. The molecule has 194 valence electrons. The highest BCUT2D eigenvalue weighted by molar-refractivity contribution is 7.92. The first kappa shape index (κ1) is 26.2. The molecular formula is C27H28FN3O5S. The van der Waals surface area contributed by atoms with E-state index in [9.17, 15) is 18.2 Å². The Balaban J connectivity index is 2.01. The third kappa shape index (κ3) is 5.43. The van der Waals surface area contributed by atoms with E-state index in [2.05, 4.69) is 9.35 Å². The number of H-pyrrole nitrogens is 1. The number of hydrogen-bond acceptors (Lipinski definition) is 6. The zero-order valence-corrected chi connectivity index (χ0v) is 22.3. The number of aromatic nitrogens is 2. The van der Waals surface area contributed by atoms with Gasteiger partial charge in [-0.25, -0.2) is 13.4 Å². The van der Waals surface area contributed by atoms with Gasteiger partial charge in [0.1, 0.15) is 28.5 Å². The number of pyridine rings is 1. The second-order valence-corrected chi connectivity index (χ2v) is 11.6. The fourth-order valence-electron chi connectivity index (χ4n) is 4.16. The Labute approximate surface area is 214 Å². The number of nitrogens with one attached hydrogen (secondary N) is 1. The van der Waals surface area contributed by atoms with Gasteiger partial charge in [0, 0.05) is 52.0 Å². The highest BCUT2D eigenvalue weighted by atomic mass is 32.2. The summed E-state index contributed by atoms with van der Waals surface area (Å²) in [7, 11) is -0.866. The summed E-state index contributed by atoms with van der Waals surface area (Å²) in [5.41, 5.74) is 2.83. The van der Waals surface area contributed by atoms with E-state index in [1.807, 2.05) is 0 Å². The van der Waals surface area contributed by atoms with Gasteiger partial charge in [0.2, 0.25) is 0 Å². The summed E-state index contributed by atoms with van der Waals surface area (Å²) in [5, 5.41) is 0.481. The van der Waals surface area contributed by atoms with E-state index >= 15 is 0 Å². The molecule has 4 aromatic rings. The third-order valence-electron chi connectivity index (χ3n) is 5.68. The van der Waals surface area contributed by atoms with Crippen molar-refractivity contribution in [1.82, 2.24) is 9.55 Å². The van der Waals surface area contributed by atoms with Crippen LogP contribution in [0, 0.1) is 19.7 Å². The zero-order valence-electron chi connectivity index (χ0n) is 21.5. The van der Waals surface area contributed by atoms with Crippen LogP contribution in [0.15, 0.2) is 51.8 Å². The van der Waals surface area contributed by atoms with Crippen LogP contribution in [-0.2, 0) is 21.5 Å². The Morgan fingerprint density at radius 2 is 1.78 bits per heavy atom. The van der Waals surface area contributed by atoms with Crippen LogP contribution in [0.25, 0.3) is 22.0 Å². The summed E-state index contributed by atoms with van der Waals surface area (Å²) in [6.07, 6.45) is 4.70. The first-order chi connectivity index (χ1) is 17.4. The van der Waals surface area contributed by atoms with Gasteiger partial charge in [-0.15, -0.1) is 0 Å². The molecule has 2 aromatic heterocycles. The van der Waals surface area contributed by atoms with Crippen molar-refractivity contribution in [2.75, 3.05) is 19.1 Å². The van der Waals surface area contributed by atoms with Crippen molar-refractivity contribution < 1.29 is 22.9 Å². The number of carbonyl (C=O) groups is 1. The highest BCUT2D eigenvalue weighted by Gasteiger charge is 2.20. The summed E-state index contributed by atoms with van der Waals surface area (Å²) >= 11 is 0. The number of esters is 1. The number of aromatic amines is 1. The smallest absolute Gasteiger partial charge is 0.354 e. The molecule has 0 spiro atoms. The molecule has 10 heteroatoms. The number of rotatable bonds is 6. The molecule has 0 saturated heterocycles. The lowest BCUT2D eigenvalue weighted by Gasteiger charge is -2.17. The van der Waals surface area contributed by atoms with E-state index in [1.54, 1.807) is 58.3 Å². The van der Waals surface area contributed by atoms with E-state index in [1.165, 1.54) is 29.2 Å². The van der Waals surface area contributed by atoms with Crippen LogP contribution in [0.3, 0.4) is 0 Å². The third-order valence-corrected chi connectivity index (χ3v) is 6.33. The molecule has 37 heavy (non-hydrogen) atoms. The van der Waals surface area contributed by atoms with Crippen LogP contribution in [0.4, 0.5) is 10.1 Å². The van der Waals surface area contributed by atoms with Crippen LogP contribution >= 0.6 is 0 Å². The number of ether oxygens (including phenoxy) is 2. The maximum absolute atomic E-state index is 13.9. The van der Waals surface area contributed by atoms with Crippen LogP contribution in [0.2, 0.25) is 0 Å². The molecule has 0 bridgehead atoms. The number of halogens is 1. The Morgan fingerprint density at radius 1 is 1.11 bits per heavy atom. The van der Waals surface area contributed by atoms with Crippen LogP contribution < -0.4 is 10.3 Å². The van der Waals surface area contributed by atoms with Gasteiger partial charge in [-0.1, -0.05) is 0 Å². The molecule has 0 radical (unpaired) electrons. The van der Waals surface area contributed by atoms with Crippen LogP contribution in [0.1, 0.15) is 28.5 Å². The van der Waals surface area contributed by atoms with E-state index in [0.29, 0.717) is 44.8 Å². The fourth-order valence-corrected chi connectivity index (χ4v) is 4.79. The largest absolute Gasteiger partial charge is 0.461 e. The number of carbonyl (C=O) groups excluding carboxylic acids is 1. The lowest BCUT2D eigenvalue weighted by molar-refractivity contribution is 0.0520. The van der Waals surface area contributed by atoms with Gasteiger partial charge in [-0.3, -0.25) is 4.79 Å². The molecule has 8 nitrogen and oxygen atoms in total. The molecule has 0 aliphatic heterocycles. The van der Waals surface area contributed by atoms with Crippen molar-refractivity contribution in [1.29, 1.82) is 0 Å². The molecule has 0 amide bonds. The van der Waals surface area contributed by atoms with E-state index in [0.717, 1.165) is 0 Å². The number of fused-ring (bicyclic) bond motifs is 1. The van der Waals surface area contributed by atoms with Gasteiger partial charge >= 0.3 is 5.97 Å². The van der Waals surface area contributed by atoms with Gasteiger partial charge in [0.05, 0.1) is 12.3 Å². The fraction of sp³-hybridized carbons (Fsp3) is 0.259. The predicted octanol–water partition coefficient (Wildman–Crippen LogP) is 5.62. The van der Waals surface area contributed by atoms with Crippen LogP contribution in [-0.4, -0.2) is 38.8 Å². The topological polar surface area (TPSA) is 103 Å². The first-order valence-corrected chi connectivity index (χ1v) is 13.9. The number of benzene rings is 2. The Hall–Kier alpha value is -3.92. The minimum absolute atomic E-state index is 0.139. The minimum Gasteiger partial charge on any atom is -0.461 e. The molecule has 0 atom stereocenters. The summed E-state index contributed by atoms with van der Waals surface area (Å²) < 4.78 is 43.5. The molecule has 0 unspecified atom stereocenters. The van der Waals surface area contributed by atoms with Gasteiger partial charge < -0.3 is 19.0 Å². The average molecular weight is 526 g/mol. The maximum Gasteiger partial charge on any atom is 0.354 e. The van der Waals surface area contributed by atoms with Gasteiger partial charge in [-0.05, 0) is 68.3 Å². The van der Waals surface area contributed by atoms with Crippen molar-refractivity contribution in [2.24, 2.45) is 11.4 Å². The summed E-state index contributed by atoms with van der Waals surface area (Å²) in [5.74, 6) is -0.0455. The molecule has 0 saturated carbocycles. The molecule has 4 rings (SSSR count). The molecule has 1 N–H and O–H groups in total. The van der Waals surface area contributed by atoms with E-state index in [4.69, 9.17) is 9.47 Å². The van der Waals surface area contributed by atoms with E-state index in [-0.39, 0.29) is 29.2 Å². The summed E-state index contributed by atoms with van der Waals surface area (Å²) in [4.78, 5) is 28.2. The number of aryl methyl sites for hydroxylation is 3. The lowest BCUT2D eigenvalue weighted by atomic mass is 10.0. The Morgan fingerprint density at radius 3 is 2.41 bits per heavy atom. The van der Waals surface area contributed by atoms with Crippen molar-refractivity contribution in [2.45, 2.75) is 20.8 Å². The monoisotopic (exact) mass is 525 g/mol. The molecule has 0 aliphatic carbocycles. The maximum atomic E-state index is 13.9. The summed E-state index contributed by atoms with van der Waals surface area (Å²) in [6.45, 7) is 5.38. The van der Waals surface area contributed by atoms with Gasteiger partial charge in [0.25, 0.3) is 5.56 Å². The second kappa shape index (κ2) is 9.85. The second-order valence-electron chi connectivity index (χ2n) is 9.07. The number of hydrogen-bond donors (Lipinski definition) is 1. The number of nitrogens with zero attached hydrogens (tertiary/aromatic N) is 2. The quantitative estimate of drug-likeness (QED) is 0.329. The van der Waals surface area contributed by atoms with Crippen molar-refractivity contribution in [3.63, 3.8) is 0 Å². The van der Waals surface area contributed by atoms with Crippen LogP contribution in [0.5, 0.6) is 11.5 Å². The lowest BCUT2D eigenvalue weighted by Crippen LogP contribution is -2.16. The predicted molar refractivity (Wildman–Crippen MR) is 143 cm³/mol. The van der Waals surface area contributed by atoms with Crippen molar-refractivity contribution in [3.05, 3.63) is 75.6 Å². The van der Waals surface area contributed by atoms with Gasteiger partial charge in [0.15, 0.2) is 0 Å². The highest BCUT2D eigenvalue weighted by Crippen LogP contribution is 2.41.